The molecule has 0 saturated heterocycles. The molecule has 0 aliphatic heterocycles. The summed E-state index contributed by atoms with van der Waals surface area (Å²) in [5, 5.41) is 5.77. The number of hydrogen-bond acceptors (Lipinski definition) is 3. The lowest BCUT2D eigenvalue weighted by Crippen LogP contribution is -2.27. The minimum atomic E-state index is -0.118. The lowest BCUT2D eigenvalue weighted by molar-refractivity contribution is -0.121. The van der Waals surface area contributed by atoms with Crippen LogP contribution in [-0.2, 0) is 29.3 Å². The van der Waals surface area contributed by atoms with Crippen LogP contribution in [0.2, 0.25) is 0 Å². The van der Waals surface area contributed by atoms with Gasteiger partial charge in [-0.15, -0.1) is 0 Å². The topological polar surface area (TPSA) is 67.4 Å². The fraction of sp³-hybridized carbons (Fsp3) is 0.231. The molecular formula is C26H28N2O3. The highest BCUT2D eigenvalue weighted by Crippen LogP contribution is 2.09. The Morgan fingerprint density at radius 3 is 2.13 bits per heavy atom. The van der Waals surface area contributed by atoms with Crippen molar-refractivity contribution >= 4 is 11.8 Å². The summed E-state index contributed by atoms with van der Waals surface area (Å²) >= 11 is 0. The maximum absolute atomic E-state index is 12.1. The van der Waals surface area contributed by atoms with Crippen LogP contribution in [0.1, 0.15) is 39.9 Å². The summed E-state index contributed by atoms with van der Waals surface area (Å²) in [6.07, 6.45) is 0.965. The molecule has 0 atom stereocenters. The predicted molar refractivity (Wildman–Crippen MR) is 121 cm³/mol. The Labute approximate surface area is 183 Å². The molecule has 0 bridgehead atoms. The molecule has 0 aliphatic carbocycles. The third-order valence-electron chi connectivity index (χ3n) is 4.76. The number of hydrogen-bond donors (Lipinski definition) is 2. The quantitative estimate of drug-likeness (QED) is 0.460. The van der Waals surface area contributed by atoms with E-state index in [-0.39, 0.29) is 11.8 Å². The first-order valence-electron chi connectivity index (χ1n) is 10.5. The van der Waals surface area contributed by atoms with Gasteiger partial charge < -0.3 is 15.4 Å². The fourth-order valence-electron chi connectivity index (χ4n) is 3.12. The van der Waals surface area contributed by atoms with Crippen LogP contribution in [0.4, 0.5) is 0 Å². The Morgan fingerprint density at radius 2 is 1.35 bits per heavy atom. The Balaban J connectivity index is 1.32. The van der Waals surface area contributed by atoms with Gasteiger partial charge in [0.2, 0.25) is 5.91 Å². The van der Waals surface area contributed by atoms with Gasteiger partial charge in [0, 0.05) is 25.1 Å². The van der Waals surface area contributed by atoms with E-state index >= 15 is 0 Å². The first kappa shape index (κ1) is 22.2. The van der Waals surface area contributed by atoms with Crippen LogP contribution < -0.4 is 10.6 Å². The molecule has 0 radical (unpaired) electrons. The van der Waals surface area contributed by atoms with Crippen LogP contribution >= 0.6 is 0 Å². The van der Waals surface area contributed by atoms with Gasteiger partial charge in [-0.25, -0.2) is 0 Å². The molecule has 0 heterocycles. The smallest absolute Gasteiger partial charge is 0.251 e. The van der Waals surface area contributed by atoms with Crippen molar-refractivity contribution in [1.29, 1.82) is 0 Å². The Morgan fingerprint density at radius 1 is 0.710 bits per heavy atom. The predicted octanol–water partition coefficient (Wildman–Crippen LogP) is 4.23. The highest BCUT2D eigenvalue weighted by atomic mass is 16.5. The molecule has 0 unspecified atom stereocenters. The van der Waals surface area contributed by atoms with E-state index in [9.17, 15) is 9.59 Å². The molecule has 5 nitrogen and oxygen atoms in total. The summed E-state index contributed by atoms with van der Waals surface area (Å²) in [5.74, 6) is -0.146. The van der Waals surface area contributed by atoms with Crippen molar-refractivity contribution in [3.63, 3.8) is 0 Å². The van der Waals surface area contributed by atoms with Crippen LogP contribution in [0.15, 0.2) is 84.9 Å². The van der Waals surface area contributed by atoms with Gasteiger partial charge in [-0.2, -0.15) is 0 Å². The van der Waals surface area contributed by atoms with Crippen LogP contribution in [0.5, 0.6) is 0 Å². The standard InChI is InChI=1S/C26H28N2O3/c29-25(15-8-16-27-26(30)24-13-5-2-6-14-24)28-18-22-11-7-12-23(17-22)20-31-19-21-9-3-1-4-10-21/h1-7,9-14,17H,8,15-16,18-20H2,(H,27,30)(H,28,29). The molecule has 0 aromatic heterocycles. The molecule has 0 spiro atoms. The van der Waals surface area contributed by atoms with Gasteiger partial charge in [0.05, 0.1) is 13.2 Å². The SMILES string of the molecule is O=C(CCCNC(=O)c1ccccc1)NCc1cccc(COCc2ccccc2)c1. The first-order chi connectivity index (χ1) is 15.2. The molecule has 0 fully saturated rings. The summed E-state index contributed by atoms with van der Waals surface area (Å²) in [4.78, 5) is 24.1. The minimum absolute atomic E-state index is 0.0281. The number of rotatable bonds is 11. The van der Waals surface area contributed by atoms with Crippen molar-refractivity contribution in [3.05, 3.63) is 107 Å². The van der Waals surface area contributed by atoms with Gasteiger partial charge in [0.15, 0.2) is 0 Å². The average molecular weight is 417 g/mol. The molecule has 3 rings (SSSR count). The molecule has 0 saturated carbocycles. The van der Waals surface area contributed by atoms with Crippen molar-refractivity contribution in [2.24, 2.45) is 0 Å². The third-order valence-corrected chi connectivity index (χ3v) is 4.76. The lowest BCUT2D eigenvalue weighted by Gasteiger charge is -2.09. The fourth-order valence-corrected chi connectivity index (χ4v) is 3.12. The zero-order chi connectivity index (χ0) is 21.7. The molecule has 3 aromatic rings. The second kappa shape index (κ2) is 12.3. The van der Waals surface area contributed by atoms with E-state index in [1.54, 1.807) is 12.1 Å². The summed E-state index contributed by atoms with van der Waals surface area (Å²) < 4.78 is 5.78. The first-order valence-corrected chi connectivity index (χ1v) is 10.5. The second-order valence-corrected chi connectivity index (χ2v) is 7.30. The van der Waals surface area contributed by atoms with Gasteiger partial charge in [0.1, 0.15) is 0 Å². The number of carbonyl (C=O) groups excluding carboxylic acids is 2. The summed E-state index contributed by atoms with van der Waals surface area (Å²) in [6, 6.07) is 27.2. The monoisotopic (exact) mass is 416 g/mol. The number of carbonyl (C=O) groups is 2. The van der Waals surface area contributed by atoms with Gasteiger partial charge in [-0.1, -0.05) is 72.8 Å². The van der Waals surface area contributed by atoms with Crippen molar-refractivity contribution in [2.75, 3.05) is 6.54 Å². The molecule has 31 heavy (non-hydrogen) atoms. The summed E-state index contributed by atoms with van der Waals surface area (Å²) in [5.41, 5.74) is 3.88. The van der Waals surface area contributed by atoms with E-state index in [4.69, 9.17) is 4.74 Å². The van der Waals surface area contributed by atoms with Crippen LogP contribution in [0.25, 0.3) is 0 Å². The Kier molecular flexibility index (Phi) is 8.83. The number of nitrogens with one attached hydrogen (secondary N) is 2. The molecule has 3 aromatic carbocycles. The van der Waals surface area contributed by atoms with E-state index in [1.807, 2.05) is 72.8 Å². The molecule has 2 N–H and O–H groups in total. The summed E-state index contributed by atoms with van der Waals surface area (Å²) in [6.45, 7) is 2.04. The second-order valence-electron chi connectivity index (χ2n) is 7.30. The van der Waals surface area contributed by atoms with Gasteiger partial charge in [-0.3, -0.25) is 9.59 Å². The van der Waals surface area contributed by atoms with Crippen LogP contribution in [0, 0.1) is 0 Å². The molecule has 0 aliphatic rings. The molecular weight excluding hydrogens is 388 g/mol. The zero-order valence-corrected chi connectivity index (χ0v) is 17.6. The van der Waals surface area contributed by atoms with E-state index < -0.39 is 0 Å². The van der Waals surface area contributed by atoms with Crippen LogP contribution in [0.3, 0.4) is 0 Å². The van der Waals surface area contributed by atoms with Gasteiger partial charge in [0.25, 0.3) is 5.91 Å². The molecule has 5 heteroatoms. The van der Waals surface area contributed by atoms with Crippen molar-refractivity contribution < 1.29 is 14.3 Å². The van der Waals surface area contributed by atoms with E-state index in [0.29, 0.717) is 44.7 Å². The minimum Gasteiger partial charge on any atom is -0.372 e. The van der Waals surface area contributed by atoms with E-state index in [0.717, 1.165) is 16.7 Å². The highest BCUT2D eigenvalue weighted by molar-refractivity contribution is 5.94. The number of benzene rings is 3. The van der Waals surface area contributed by atoms with Gasteiger partial charge in [-0.05, 0) is 35.2 Å². The van der Waals surface area contributed by atoms with Crippen molar-refractivity contribution in [2.45, 2.75) is 32.6 Å². The van der Waals surface area contributed by atoms with E-state index in [2.05, 4.69) is 10.6 Å². The number of amides is 2. The third kappa shape index (κ3) is 8.07. The van der Waals surface area contributed by atoms with Gasteiger partial charge >= 0.3 is 0 Å². The molecule has 2 amide bonds. The largest absolute Gasteiger partial charge is 0.372 e. The van der Waals surface area contributed by atoms with E-state index in [1.165, 1.54) is 0 Å². The maximum atomic E-state index is 12.1. The summed E-state index contributed by atoms with van der Waals surface area (Å²) in [7, 11) is 0. The van der Waals surface area contributed by atoms with Crippen LogP contribution in [-0.4, -0.2) is 18.4 Å². The Bertz CT molecular complexity index is 959. The molecule has 160 valence electrons. The lowest BCUT2D eigenvalue weighted by atomic mass is 10.1. The average Bonchev–Trinajstić information content (AvgIpc) is 2.82. The van der Waals surface area contributed by atoms with Crippen molar-refractivity contribution in [1.82, 2.24) is 10.6 Å². The number of ether oxygens (including phenoxy) is 1. The zero-order valence-electron chi connectivity index (χ0n) is 17.6. The Hall–Kier alpha value is -3.44. The normalized spacial score (nSPS) is 10.5. The highest BCUT2D eigenvalue weighted by Gasteiger charge is 2.05. The van der Waals surface area contributed by atoms with Crippen molar-refractivity contribution in [3.8, 4) is 0 Å². The maximum Gasteiger partial charge on any atom is 0.251 e.